The first-order chi connectivity index (χ1) is 13.0. The fourth-order valence-corrected chi connectivity index (χ4v) is 4.11. The summed E-state index contributed by atoms with van der Waals surface area (Å²) >= 11 is 12.2. The molecule has 4 nitrogen and oxygen atoms in total. The summed E-state index contributed by atoms with van der Waals surface area (Å²) in [6.07, 6.45) is 3.81. The average molecular weight is 403 g/mol. The van der Waals surface area contributed by atoms with E-state index in [0.717, 1.165) is 30.5 Å². The lowest BCUT2D eigenvalue weighted by Gasteiger charge is -2.33. The topological polar surface area (TPSA) is 46.3 Å². The molecule has 1 amide bonds. The second kappa shape index (κ2) is 7.53. The van der Waals surface area contributed by atoms with Gasteiger partial charge in [-0.15, -0.1) is 0 Å². The number of aromatic nitrogens is 1. The van der Waals surface area contributed by atoms with Gasteiger partial charge in [0.25, 0.3) is 0 Å². The van der Waals surface area contributed by atoms with E-state index < -0.39 is 0 Å². The van der Waals surface area contributed by atoms with Gasteiger partial charge in [-0.05, 0) is 56.0 Å². The second-order valence-corrected chi connectivity index (χ2v) is 7.90. The molecule has 1 aliphatic heterocycles. The summed E-state index contributed by atoms with van der Waals surface area (Å²) in [4.78, 5) is 19.1. The van der Waals surface area contributed by atoms with Crippen molar-refractivity contribution in [1.82, 2.24) is 9.88 Å². The summed E-state index contributed by atoms with van der Waals surface area (Å²) in [5, 5.41) is 0.960. The van der Waals surface area contributed by atoms with Crippen LogP contribution in [-0.2, 0) is 11.2 Å². The van der Waals surface area contributed by atoms with Gasteiger partial charge in [0.15, 0.2) is 5.58 Å². The maximum Gasteiger partial charge on any atom is 0.227 e. The van der Waals surface area contributed by atoms with Crippen molar-refractivity contribution < 1.29 is 9.21 Å². The number of hydrogen-bond donors (Lipinski definition) is 0. The predicted octanol–water partition coefficient (Wildman–Crippen LogP) is 5.75. The molecule has 3 aromatic rings. The van der Waals surface area contributed by atoms with Crippen LogP contribution >= 0.6 is 23.2 Å². The Labute approximate surface area is 168 Å². The molecule has 1 saturated heterocycles. The molecule has 0 unspecified atom stereocenters. The maximum absolute atomic E-state index is 12.6. The van der Waals surface area contributed by atoms with E-state index in [-0.39, 0.29) is 5.91 Å². The van der Waals surface area contributed by atoms with Crippen molar-refractivity contribution in [2.45, 2.75) is 38.6 Å². The monoisotopic (exact) mass is 402 g/mol. The summed E-state index contributed by atoms with van der Waals surface area (Å²) < 4.78 is 5.79. The number of hydrogen-bond acceptors (Lipinski definition) is 3. The Hall–Kier alpha value is -2.04. The number of nitrogens with zero attached hydrogens (tertiary/aromatic N) is 2. The van der Waals surface area contributed by atoms with Crippen LogP contribution in [0.4, 0.5) is 0 Å². The molecule has 0 spiro atoms. The molecule has 1 fully saturated rings. The van der Waals surface area contributed by atoms with E-state index in [1.165, 1.54) is 6.42 Å². The molecule has 2 heterocycles. The minimum Gasteiger partial charge on any atom is -0.435 e. The number of oxazole rings is 1. The van der Waals surface area contributed by atoms with E-state index in [9.17, 15) is 4.79 Å². The van der Waals surface area contributed by atoms with Crippen LogP contribution in [0.1, 0.15) is 31.7 Å². The highest BCUT2D eigenvalue weighted by molar-refractivity contribution is 6.38. The molecular formula is C21H20Cl2N2O2. The van der Waals surface area contributed by atoms with Crippen LogP contribution in [-0.4, -0.2) is 28.4 Å². The lowest BCUT2D eigenvalue weighted by atomic mass is 10.0. The van der Waals surface area contributed by atoms with E-state index in [0.29, 0.717) is 39.5 Å². The van der Waals surface area contributed by atoms with Crippen molar-refractivity contribution in [2.24, 2.45) is 0 Å². The van der Waals surface area contributed by atoms with Crippen LogP contribution in [0.15, 0.2) is 40.8 Å². The number of likely N-dealkylation sites (tertiary alicyclic amines) is 1. The van der Waals surface area contributed by atoms with Gasteiger partial charge in [-0.2, -0.15) is 0 Å². The number of carbonyl (C=O) groups is 1. The fourth-order valence-electron chi connectivity index (χ4n) is 3.59. The first-order valence-corrected chi connectivity index (χ1v) is 9.91. The van der Waals surface area contributed by atoms with Gasteiger partial charge < -0.3 is 9.32 Å². The number of carbonyl (C=O) groups excluding carboxylic acids is 1. The zero-order valence-corrected chi connectivity index (χ0v) is 16.6. The van der Waals surface area contributed by atoms with Crippen LogP contribution in [0.5, 0.6) is 0 Å². The third kappa shape index (κ3) is 3.83. The minimum atomic E-state index is 0.193. The van der Waals surface area contributed by atoms with Crippen LogP contribution < -0.4 is 0 Å². The maximum atomic E-state index is 12.6. The molecule has 0 saturated carbocycles. The minimum absolute atomic E-state index is 0.193. The molecule has 6 heteroatoms. The lowest BCUT2D eigenvalue weighted by molar-refractivity contribution is -0.133. The van der Waals surface area contributed by atoms with Gasteiger partial charge in [0, 0.05) is 23.2 Å². The Morgan fingerprint density at radius 3 is 2.74 bits per heavy atom. The number of piperidine rings is 1. The standard InChI is InChI=1S/C21H20Cl2N2O2/c1-13-4-2-3-9-25(13)19(26)10-14-5-7-15(8-6-14)21-24-18-12-16(22)11-17(23)20(18)27-21/h5-8,11-13H,2-4,9-10H2,1H3/t13-/m1/s1. The fraction of sp³-hybridized carbons (Fsp3) is 0.333. The normalized spacial score (nSPS) is 17.4. The summed E-state index contributed by atoms with van der Waals surface area (Å²) in [5.74, 6) is 0.676. The molecule has 27 heavy (non-hydrogen) atoms. The van der Waals surface area contributed by atoms with E-state index >= 15 is 0 Å². The van der Waals surface area contributed by atoms with Crippen molar-refractivity contribution in [3.8, 4) is 11.5 Å². The number of amides is 1. The first kappa shape index (κ1) is 18.3. The van der Waals surface area contributed by atoms with Gasteiger partial charge in [0.1, 0.15) is 5.52 Å². The Balaban J connectivity index is 1.52. The second-order valence-electron chi connectivity index (χ2n) is 7.06. The van der Waals surface area contributed by atoms with E-state index in [2.05, 4.69) is 11.9 Å². The van der Waals surface area contributed by atoms with Gasteiger partial charge in [0.2, 0.25) is 11.8 Å². The number of fused-ring (bicyclic) bond motifs is 1. The van der Waals surface area contributed by atoms with Gasteiger partial charge in [-0.25, -0.2) is 4.98 Å². The van der Waals surface area contributed by atoms with Gasteiger partial charge in [0.05, 0.1) is 11.4 Å². The summed E-state index contributed by atoms with van der Waals surface area (Å²) in [7, 11) is 0. The molecule has 2 aromatic carbocycles. The quantitative estimate of drug-likeness (QED) is 0.560. The molecule has 1 atom stereocenters. The van der Waals surface area contributed by atoms with Gasteiger partial charge >= 0.3 is 0 Å². The lowest BCUT2D eigenvalue weighted by Crippen LogP contribution is -2.42. The van der Waals surface area contributed by atoms with Crippen molar-refractivity contribution in [3.63, 3.8) is 0 Å². The van der Waals surface area contributed by atoms with Crippen LogP contribution in [0.2, 0.25) is 10.0 Å². The van der Waals surface area contributed by atoms with Crippen molar-refractivity contribution >= 4 is 40.2 Å². The molecule has 0 aliphatic carbocycles. The predicted molar refractivity (Wildman–Crippen MR) is 108 cm³/mol. The first-order valence-electron chi connectivity index (χ1n) is 9.15. The molecule has 0 N–H and O–H groups in total. The highest BCUT2D eigenvalue weighted by atomic mass is 35.5. The molecule has 1 aliphatic rings. The smallest absolute Gasteiger partial charge is 0.227 e. The third-order valence-corrected chi connectivity index (χ3v) is 5.59. The van der Waals surface area contributed by atoms with Crippen LogP contribution in [0, 0.1) is 0 Å². The zero-order valence-electron chi connectivity index (χ0n) is 15.0. The largest absolute Gasteiger partial charge is 0.435 e. The van der Waals surface area contributed by atoms with Gasteiger partial charge in [-0.1, -0.05) is 35.3 Å². The number of benzene rings is 2. The Bertz CT molecular complexity index is 982. The molecule has 0 radical (unpaired) electrons. The van der Waals surface area contributed by atoms with Crippen LogP contribution in [0.3, 0.4) is 0 Å². The molecule has 0 bridgehead atoms. The highest BCUT2D eigenvalue weighted by Crippen LogP contribution is 2.32. The summed E-state index contributed by atoms with van der Waals surface area (Å²) in [6, 6.07) is 11.4. The van der Waals surface area contributed by atoms with Gasteiger partial charge in [-0.3, -0.25) is 4.79 Å². The number of rotatable bonds is 3. The third-order valence-electron chi connectivity index (χ3n) is 5.09. The Morgan fingerprint density at radius 2 is 2.00 bits per heavy atom. The zero-order chi connectivity index (χ0) is 19.0. The Morgan fingerprint density at radius 1 is 1.22 bits per heavy atom. The molecule has 140 valence electrons. The van der Waals surface area contributed by atoms with Crippen LogP contribution in [0.25, 0.3) is 22.6 Å². The average Bonchev–Trinajstić information content (AvgIpc) is 3.07. The van der Waals surface area contributed by atoms with Crippen molar-refractivity contribution in [3.05, 3.63) is 52.0 Å². The van der Waals surface area contributed by atoms with E-state index in [1.807, 2.05) is 29.2 Å². The molecule has 1 aromatic heterocycles. The summed E-state index contributed by atoms with van der Waals surface area (Å²) in [6.45, 7) is 3.00. The van der Waals surface area contributed by atoms with E-state index in [4.69, 9.17) is 27.6 Å². The Kier molecular flexibility index (Phi) is 5.11. The number of halogens is 2. The summed E-state index contributed by atoms with van der Waals surface area (Å²) in [5.41, 5.74) is 2.97. The van der Waals surface area contributed by atoms with E-state index in [1.54, 1.807) is 12.1 Å². The SMILES string of the molecule is C[C@@H]1CCCCN1C(=O)Cc1ccc(-c2nc3cc(Cl)cc(Cl)c3o2)cc1. The highest BCUT2D eigenvalue weighted by Gasteiger charge is 2.23. The molecular weight excluding hydrogens is 383 g/mol. The van der Waals surface area contributed by atoms with Crippen molar-refractivity contribution in [1.29, 1.82) is 0 Å². The molecule has 4 rings (SSSR count). The van der Waals surface area contributed by atoms with Crippen molar-refractivity contribution in [2.75, 3.05) is 6.54 Å².